The Kier molecular flexibility index (Phi) is 26.8. The molecule has 0 saturated carbocycles. The summed E-state index contributed by atoms with van der Waals surface area (Å²) in [6, 6.07) is -1.27. The summed E-state index contributed by atoms with van der Waals surface area (Å²) >= 11 is 2.28. The van der Waals surface area contributed by atoms with Crippen molar-refractivity contribution in [3.8, 4) is 40.9 Å². The van der Waals surface area contributed by atoms with E-state index in [1.165, 1.54) is 44.3 Å². The predicted molar refractivity (Wildman–Crippen MR) is 338 cm³/mol. The minimum atomic E-state index is -2.08. The molecule has 1 aromatic carbocycles. The molecule has 1 amide bonds. The fourth-order valence-corrected chi connectivity index (χ4v) is 15.4. The lowest BCUT2D eigenvalue weighted by Gasteiger charge is -2.46. The maximum absolute atomic E-state index is 14.2. The Morgan fingerprint density at radius 2 is 1.64 bits per heavy atom. The number of ether oxygens (including phenoxy) is 12. The van der Waals surface area contributed by atoms with Gasteiger partial charge in [0.1, 0.15) is 41.7 Å². The van der Waals surface area contributed by atoms with E-state index in [0.29, 0.717) is 28.0 Å². The first-order valence-corrected chi connectivity index (χ1v) is 33.2. The third-order valence-electron chi connectivity index (χ3n) is 15.8. The van der Waals surface area contributed by atoms with Gasteiger partial charge in [0.25, 0.3) is 0 Å². The molecule has 25 nitrogen and oxygen atoms in total. The monoisotopic (exact) mass is 1410 g/mol. The number of benzene rings is 1. The molecule has 88 heavy (non-hydrogen) atoms. The minimum Gasteiger partial charge on any atom is -0.492 e. The number of nitrogens with two attached hydrogens (primary N) is 1. The average molecular weight is 1410 g/mol. The van der Waals surface area contributed by atoms with Crippen molar-refractivity contribution in [3.63, 3.8) is 0 Å². The summed E-state index contributed by atoms with van der Waals surface area (Å²) in [6.07, 6.45) is -12.9. The molecule has 4 aliphatic heterocycles. The zero-order valence-electron chi connectivity index (χ0n) is 51.3. The fourth-order valence-electron chi connectivity index (χ4n) is 11.1. The first-order valence-electron chi connectivity index (χ1n) is 28.8. The summed E-state index contributed by atoms with van der Waals surface area (Å²) in [7, 11) is 9.95. The SMILES string of the molecule is CCN[C@H]1CO[C@@H](O[C@H]2[C@H](O[C@H]3C#CC=CC#C[C@]4(O)CC(=O)C(NC(=O)OC)=C3/C4=C\CSSC(C)(C)CCN)O[C@H](C)[C@@H](NO[C@H]3C[C@H](O)[C@H]([SH]=C(O)c4c(C)c(I)c(O[C@@H]5O[C@@H](C)[C@H](O)[C@@H](OC)[C@H]5O)c(OC)c4OC)[C@@H](C)O3)[C@@H]2O)C[C@@H]1OC. The van der Waals surface area contributed by atoms with E-state index in [0.717, 1.165) is 13.5 Å². The van der Waals surface area contributed by atoms with Crippen LogP contribution in [0.5, 0.6) is 17.2 Å². The number of aliphatic hydroxyl groups is 6. The van der Waals surface area contributed by atoms with Gasteiger partial charge in [0, 0.05) is 48.7 Å². The summed E-state index contributed by atoms with van der Waals surface area (Å²) in [5.41, 5.74) is 7.38. The first-order chi connectivity index (χ1) is 41.9. The molecule has 0 spiro atoms. The largest absolute Gasteiger partial charge is 0.492 e. The predicted octanol–water partition coefficient (Wildman–Crippen LogP) is 2.67. The molecule has 7 rings (SSSR count). The summed E-state index contributed by atoms with van der Waals surface area (Å²) in [4.78, 5) is 33.4. The molecule has 492 valence electrons. The Balaban J connectivity index is 1.15. The Labute approximate surface area is 538 Å². The van der Waals surface area contributed by atoms with Crippen LogP contribution in [0.4, 0.5) is 4.79 Å². The zero-order valence-corrected chi connectivity index (χ0v) is 56.0. The summed E-state index contributed by atoms with van der Waals surface area (Å²) in [5.74, 6) is 11.5. The van der Waals surface area contributed by atoms with Crippen LogP contribution in [0.3, 0.4) is 0 Å². The van der Waals surface area contributed by atoms with Gasteiger partial charge >= 0.3 is 6.09 Å². The lowest BCUT2D eigenvalue weighted by atomic mass is 9.75. The summed E-state index contributed by atoms with van der Waals surface area (Å²) in [5, 5.41) is 75.5. The summed E-state index contributed by atoms with van der Waals surface area (Å²) < 4.78 is 72.8. The van der Waals surface area contributed by atoms with E-state index in [9.17, 15) is 40.2 Å². The normalized spacial score (nSPS) is 35.0. The number of hydrogen-bond donors (Lipinski definition) is 11. The number of aliphatic hydroxyl groups excluding tert-OH is 5. The quantitative estimate of drug-likeness (QED) is 0.0135. The second-order valence-corrected chi connectivity index (χ2v) is 27.7. The lowest BCUT2D eigenvalue weighted by molar-refractivity contribution is -0.336. The highest BCUT2D eigenvalue weighted by Gasteiger charge is 2.52. The molecule has 29 heteroatoms. The van der Waals surface area contributed by atoms with E-state index in [2.05, 4.69) is 53.6 Å². The standard InChI is InChI=1S/C59H85IN4O21S3/c1-13-62-33-27-78-38(25-37(33)73-8)83-51-46(68)43(29(3)80-56(51)82-36-18-16-14-15-17-20-59(72)26-35(66)44(63-57(71)77-12)41(36)32(59)19-23-86-88-58(6,7)21-22-61)64-85-39-24-34(65)53(31(5)79-39)87-54(70)40-28(2)42(60)49(52(76-11)48(40)74-9)84-55-47(69)50(75-10)45(67)30(4)81-55/h14-15,19,29-31,33-34,36-39,43,45-47,50-51,53,55-56,62,64-65,67-70,72,87H,13,21-27,61H2,1-12H3,(H,63,71)/b15-14?,32-19+/t29-,30+,31-,33+,34+,36+,37+,38+,39+,43-,45+,46+,47-,50-,51-,53-,55+,56+,59+/m1/s1. The lowest BCUT2D eigenvalue weighted by Crippen LogP contribution is -2.65. The highest BCUT2D eigenvalue weighted by molar-refractivity contribution is 14.1. The van der Waals surface area contributed by atoms with Gasteiger partial charge in [-0.15, -0.1) is 0 Å². The van der Waals surface area contributed by atoms with Gasteiger partial charge < -0.3 is 98.5 Å². The molecule has 0 unspecified atom stereocenters. The molecule has 11 N–H and O–H groups in total. The van der Waals surface area contributed by atoms with Crippen molar-refractivity contribution >= 4 is 72.5 Å². The van der Waals surface area contributed by atoms with Crippen molar-refractivity contribution < 1.29 is 102 Å². The number of methoxy groups -OCH3 is 5. The van der Waals surface area contributed by atoms with Gasteiger partial charge in [0.05, 0.1) is 97.0 Å². The first kappa shape index (κ1) is 72.3. The van der Waals surface area contributed by atoms with Gasteiger partial charge in [-0.25, -0.2) is 4.79 Å². The van der Waals surface area contributed by atoms with Gasteiger partial charge in [-0.2, -0.15) is 16.8 Å². The molecule has 0 aromatic heterocycles. The highest BCUT2D eigenvalue weighted by atomic mass is 127. The van der Waals surface area contributed by atoms with Crippen LogP contribution in [0, 0.1) is 34.2 Å². The molecule has 19 atom stereocenters. The van der Waals surface area contributed by atoms with Crippen molar-refractivity contribution in [1.82, 2.24) is 16.1 Å². The smallest absolute Gasteiger partial charge is 0.411 e. The van der Waals surface area contributed by atoms with Gasteiger partial charge in [-0.05, 0) is 101 Å². The number of carbonyl (C=O) groups excluding carboxylic acids is 2. The number of likely N-dealkylation sites (N-methyl/N-ethyl adjacent to an activating group) is 1. The Morgan fingerprint density at radius 1 is 0.920 bits per heavy atom. The molecule has 0 radical (unpaired) electrons. The number of Topliss-reactive ketones (excluding diaryl/α,β-unsaturated/α-hetero) is 1. The number of ketones is 1. The molecular formula is C59H85IN4O21S3. The summed E-state index contributed by atoms with van der Waals surface area (Å²) in [6.45, 7) is 14.1. The minimum absolute atomic E-state index is 0.0224. The zero-order chi connectivity index (χ0) is 64.4. The number of rotatable bonds is 24. The average Bonchev–Trinajstić information content (AvgIpc) is 0.881. The Morgan fingerprint density at radius 3 is 2.30 bits per heavy atom. The van der Waals surface area contributed by atoms with E-state index in [4.69, 9.17) is 67.4 Å². The van der Waals surface area contributed by atoms with Gasteiger partial charge in [-0.1, -0.05) is 58.3 Å². The second kappa shape index (κ2) is 32.6. The topological polar surface area (TPSA) is 338 Å². The van der Waals surface area contributed by atoms with Crippen LogP contribution in [0.25, 0.3) is 0 Å². The number of hydrogen-bond acceptors (Lipinski definition) is 25. The molecule has 6 aliphatic rings. The van der Waals surface area contributed by atoms with Crippen LogP contribution in [0.15, 0.2) is 35.1 Å². The number of amides is 1. The van der Waals surface area contributed by atoms with E-state index in [1.807, 2.05) is 29.5 Å². The number of nitrogens with one attached hydrogen (secondary N) is 3. The Hall–Kier alpha value is -3.17. The Bertz CT molecular complexity index is 2850. The van der Waals surface area contributed by atoms with Crippen LogP contribution >= 0.6 is 55.5 Å². The van der Waals surface area contributed by atoms with Gasteiger partial charge in [0.2, 0.25) is 12.0 Å². The van der Waals surface area contributed by atoms with Crippen molar-refractivity contribution in [2.24, 2.45) is 5.73 Å². The van der Waals surface area contributed by atoms with Gasteiger partial charge in [-0.3, -0.25) is 14.9 Å². The number of halogens is 1. The van der Waals surface area contributed by atoms with E-state index in [1.54, 1.807) is 51.7 Å². The van der Waals surface area contributed by atoms with E-state index < -0.39 is 121 Å². The second-order valence-electron chi connectivity index (χ2n) is 22.3. The van der Waals surface area contributed by atoms with E-state index in [-0.39, 0.29) is 92.4 Å². The van der Waals surface area contributed by atoms with Crippen LogP contribution in [-0.4, -0.2) is 229 Å². The van der Waals surface area contributed by atoms with Crippen LogP contribution < -0.4 is 36.1 Å². The number of allylic oxidation sites excluding steroid dienone is 3. The van der Waals surface area contributed by atoms with Crippen LogP contribution in [-0.2, 0) is 52.3 Å². The number of fused-ring (bicyclic) bond motifs is 2. The fraction of sp³-hybridized carbons (Fsp3) is 0.678. The molecule has 1 aromatic rings. The third kappa shape index (κ3) is 17.0. The number of thiol groups is 1. The van der Waals surface area contributed by atoms with Crippen LogP contribution in [0.1, 0.15) is 78.4 Å². The number of hydroxylamine groups is 1. The number of alkyl carbamates (subject to hydrolysis) is 1. The third-order valence-corrected chi connectivity index (χ3v) is 21.8. The number of carbonyl (C=O) groups is 2. The maximum atomic E-state index is 14.2. The van der Waals surface area contributed by atoms with E-state index >= 15 is 0 Å². The molecule has 2 aliphatic carbocycles. The van der Waals surface area contributed by atoms with Crippen molar-refractivity contribution in [3.05, 3.63) is 49.8 Å². The van der Waals surface area contributed by atoms with Crippen molar-refractivity contribution in [2.75, 3.05) is 61.0 Å². The molecule has 4 heterocycles. The van der Waals surface area contributed by atoms with Crippen molar-refractivity contribution in [2.45, 2.75) is 194 Å². The van der Waals surface area contributed by atoms with Crippen LogP contribution in [0.2, 0.25) is 0 Å². The molecular weight excluding hydrogens is 1320 g/mol. The molecule has 4 saturated heterocycles. The molecule has 2 bridgehead atoms. The van der Waals surface area contributed by atoms with Crippen molar-refractivity contribution in [1.29, 1.82) is 0 Å². The maximum Gasteiger partial charge on any atom is 0.411 e. The highest BCUT2D eigenvalue weighted by Crippen LogP contribution is 2.48. The molecule has 4 fully saturated rings. The van der Waals surface area contributed by atoms with Gasteiger partial charge in [0.15, 0.2) is 41.8 Å².